The Balaban J connectivity index is 2.22. The molecule has 94 valence electrons. The number of rotatable bonds is 5. The summed E-state index contributed by atoms with van der Waals surface area (Å²) in [5.41, 5.74) is 0.656. The number of Topliss-reactive ketones (excluding diaryl/α,β-unsaturated/α-hetero) is 1. The van der Waals surface area contributed by atoms with Crippen molar-refractivity contribution in [2.45, 2.75) is 19.4 Å². The van der Waals surface area contributed by atoms with Gasteiger partial charge in [0.1, 0.15) is 6.04 Å². The van der Waals surface area contributed by atoms with Crippen LogP contribution in [0.3, 0.4) is 0 Å². The maximum absolute atomic E-state index is 12.4. The van der Waals surface area contributed by atoms with Gasteiger partial charge in [-0.3, -0.25) is 9.59 Å². The molecule has 0 bridgehead atoms. The Labute approximate surface area is 107 Å². The minimum Gasteiger partial charge on any atom is -0.331 e. The molecule has 0 aromatic heterocycles. The van der Waals surface area contributed by atoms with E-state index in [2.05, 4.69) is 6.58 Å². The number of likely N-dealkylation sites (tertiary alicyclic amines) is 1. The summed E-state index contributed by atoms with van der Waals surface area (Å²) < 4.78 is 0. The summed E-state index contributed by atoms with van der Waals surface area (Å²) >= 11 is 0. The molecule has 3 nitrogen and oxygen atoms in total. The third-order valence-corrected chi connectivity index (χ3v) is 3.29. The van der Waals surface area contributed by atoms with E-state index in [4.69, 9.17) is 0 Å². The molecule has 3 heteroatoms. The average molecular weight is 243 g/mol. The molecule has 1 fully saturated rings. The molecule has 2 atom stereocenters. The Morgan fingerprint density at radius 3 is 2.61 bits per heavy atom. The van der Waals surface area contributed by atoms with Crippen molar-refractivity contribution < 1.29 is 9.59 Å². The van der Waals surface area contributed by atoms with Gasteiger partial charge in [-0.05, 0) is 6.42 Å². The van der Waals surface area contributed by atoms with Crippen molar-refractivity contribution in [3.63, 3.8) is 0 Å². The first-order chi connectivity index (χ1) is 8.70. The predicted molar refractivity (Wildman–Crippen MR) is 70.3 cm³/mol. The highest BCUT2D eigenvalue weighted by Gasteiger charge is 2.48. The molecule has 2 rings (SSSR count). The van der Waals surface area contributed by atoms with E-state index >= 15 is 0 Å². The highest BCUT2D eigenvalue weighted by atomic mass is 16.2. The normalized spacial score (nSPS) is 22.5. The van der Waals surface area contributed by atoms with Crippen LogP contribution in [0.2, 0.25) is 0 Å². The number of benzene rings is 1. The highest BCUT2D eigenvalue weighted by Crippen LogP contribution is 2.30. The van der Waals surface area contributed by atoms with Crippen LogP contribution in [-0.4, -0.2) is 29.2 Å². The van der Waals surface area contributed by atoms with E-state index in [1.807, 2.05) is 25.1 Å². The molecule has 0 unspecified atom stereocenters. The monoisotopic (exact) mass is 243 g/mol. The lowest BCUT2D eigenvalue weighted by Gasteiger charge is -2.45. The summed E-state index contributed by atoms with van der Waals surface area (Å²) in [4.78, 5) is 25.9. The zero-order chi connectivity index (χ0) is 13.1. The van der Waals surface area contributed by atoms with E-state index in [0.717, 1.165) is 6.42 Å². The van der Waals surface area contributed by atoms with Crippen molar-refractivity contribution in [1.82, 2.24) is 4.90 Å². The number of β-lactam (4-membered cyclic amide) rings is 1. The van der Waals surface area contributed by atoms with Crippen LogP contribution < -0.4 is 0 Å². The van der Waals surface area contributed by atoms with Gasteiger partial charge < -0.3 is 4.90 Å². The molecule has 1 aliphatic rings. The van der Waals surface area contributed by atoms with E-state index in [0.29, 0.717) is 12.1 Å². The van der Waals surface area contributed by atoms with Crippen LogP contribution in [0, 0.1) is 5.92 Å². The van der Waals surface area contributed by atoms with Crippen LogP contribution in [0.5, 0.6) is 0 Å². The smallest absolute Gasteiger partial charge is 0.232 e. The van der Waals surface area contributed by atoms with Crippen LogP contribution in [-0.2, 0) is 4.79 Å². The van der Waals surface area contributed by atoms with Crippen LogP contribution in [0.1, 0.15) is 23.7 Å². The summed E-state index contributed by atoms with van der Waals surface area (Å²) in [7, 11) is 0. The first kappa shape index (κ1) is 12.6. The van der Waals surface area contributed by atoms with Crippen molar-refractivity contribution >= 4 is 11.7 Å². The fraction of sp³-hybridized carbons (Fsp3) is 0.333. The van der Waals surface area contributed by atoms with Crippen molar-refractivity contribution in [3.05, 3.63) is 48.6 Å². The van der Waals surface area contributed by atoms with Gasteiger partial charge in [-0.15, -0.1) is 6.58 Å². The first-order valence-corrected chi connectivity index (χ1v) is 6.23. The van der Waals surface area contributed by atoms with Crippen LogP contribution in [0.15, 0.2) is 43.0 Å². The van der Waals surface area contributed by atoms with Crippen LogP contribution in [0.4, 0.5) is 0 Å². The van der Waals surface area contributed by atoms with Gasteiger partial charge in [-0.1, -0.05) is 43.3 Å². The molecule has 1 aliphatic heterocycles. The summed E-state index contributed by atoms with van der Waals surface area (Å²) in [6.45, 7) is 6.28. The van der Waals surface area contributed by atoms with E-state index < -0.39 is 0 Å². The van der Waals surface area contributed by atoms with Gasteiger partial charge >= 0.3 is 0 Å². The molecule has 0 N–H and O–H groups in total. The Hall–Kier alpha value is -1.90. The molecular weight excluding hydrogens is 226 g/mol. The minimum absolute atomic E-state index is 0.00792. The number of carbonyl (C=O) groups excluding carboxylic acids is 2. The molecule has 0 aliphatic carbocycles. The molecular formula is C15H17NO2. The fourth-order valence-corrected chi connectivity index (χ4v) is 2.37. The van der Waals surface area contributed by atoms with Gasteiger partial charge in [0.05, 0.1) is 5.92 Å². The summed E-state index contributed by atoms with van der Waals surface area (Å²) in [5, 5.41) is 0. The predicted octanol–water partition coefficient (Wildman–Crippen LogP) is 2.29. The Morgan fingerprint density at radius 2 is 2.06 bits per heavy atom. The largest absolute Gasteiger partial charge is 0.331 e. The van der Waals surface area contributed by atoms with Crippen LogP contribution in [0.25, 0.3) is 0 Å². The number of carbonyl (C=O) groups is 2. The summed E-state index contributed by atoms with van der Waals surface area (Å²) in [5.74, 6) is -0.334. The highest BCUT2D eigenvalue weighted by molar-refractivity contribution is 6.09. The second kappa shape index (κ2) is 5.17. The zero-order valence-electron chi connectivity index (χ0n) is 10.5. The third-order valence-electron chi connectivity index (χ3n) is 3.29. The zero-order valence-corrected chi connectivity index (χ0v) is 10.5. The van der Waals surface area contributed by atoms with Gasteiger partial charge in [-0.2, -0.15) is 0 Å². The van der Waals surface area contributed by atoms with E-state index in [1.165, 1.54) is 0 Å². The van der Waals surface area contributed by atoms with E-state index in [-0.39, 0.29) is 23.7 Å². The van der Waals surface area contributed by atoms with Crippen molar-refractivity contribution in [3.8, 4) is 0 Å². The molecule has 0 spiro atoms. The summed E-state index contributed by atoms with van der Waals surface area (Å²) in [6, 6.07) is 8.75. The van der Waals surface area contributed by atoms with Gasteiger partial charge in [-0.25, -0.2) is 0 Å². The maximum Gasteiger partial charge on any atom is 0.232 e. The lowest BCUT2D eigenvalue weighted by molar-refractivity contribution is -0.149. The Morgan fingerprint density at radius 1 is 1.39 bits per heavy atom. The van der Waals surface area contributed by atoms with Crippen LogP contribution >= 0.6 is 0 Å². The maximum atomic E-state index is 12.4. The fourth-order valence-electron chi connectivity index (χ4n) is 2.37. The second-order valence-corrected chi connectivity index (χ2v) is 4.47. The topological polar surface area (TPSA) is 37.4 Å². The van der Waals surface area contributed by atoms with Gasteiger partial charge in [0.15, 0.2) is 5.78 Å². The van der Waals surface area contributed by atoms with Crippen molar-refractivity contribution in [1.29, 1.82) is 0 Å². The Kier molecular flexibility index (Phi) is 3.60. The standard InChI is InChI=1S/C15H17NO2/c1-3-10-16-13(12(4-2)15(16)18)14(17)11-8-6-5-7-9-11/h4-9,12-13H,2-3,10H2,1H3/t12-,13-/m0/s1. The molecule has 1 aromatic rings. The lowest BCUT2D eigenvalue weighted by atomic mass is 9.82. The number of nitrogens with zero attached hydrogens (tertiary/aromatic N) is 1. The van der Waals surface area contributed by atoms with E-state index in [9.17, 15) is 9.59 Å². The SMILES string of the molecule is C=C[C@@H]1C(=O)N(CCC)[C@@H]1C(=O)c1ccccc1. The van der Waals surface area contributed by atoms with E-state index in [1.54, 1.807) is 23.1 Å². The Bertz CT molecular complexity index is 467. The number of hydrogen-bond donors (Lipinski definition) is 0. The molecule has 1 saturated heterocycles. The summed E-state index contributed by atoms with van der Waals surface area (Å²) in [6.07, 6.45) is 2.44. The number of hydrogen-bond acceptors (Lipinski definition) is 2. The molecule has 18 heavy (non-hydrogen) atoms. The molecule has 1 heterocycles. The van der Waals surface area contributed by atoms with Crippen molar-refractivity contribution in [2.75, 3.05) is 6.54 Å². The average Bonchev–Trinajstić information content (AvgIpc) is 2.42. The minimum atomic E-state index is -0.364. The lowest BCUT2D eigenvalue weighted by Crippen LogP contribution is -2.63. The van der Waals surface area contributed by atoms with Gasteiger partial charge in [0.2, 0.25) is 5.91 Å². The van der Waals surface area contributed by atoms with Crippen molar-refractivity contribution in [2.24, 2.45) is 5.92 Å². The molecule has 0 saturated carbocycles. The quantitative estimate of drug-likeness (QED) is 0.452. The van der Waals surface area contributed by atoms with Gasteiger partial charge in [0, 0.05) is 12.1 Å². The molecule has 1 amide bonds. The van der Waals surface area contributed by atoms with Gasteiger partial charge in [0.25, 0.3) is 0 Å². The number of ketones is 1. The molecule has 0 radical (unpaired) electrons. The molecule has 1 aromatic carbocycles. The first-order valence-electron chi connectivity index (χ1n) is 6.23. The second-order valence-electron chi connectivity index (χ2n) is 4.47. The third kappa shape index (κ3) is 1.96. The number of amides is 1.